The molecule has 0 saturated carbocycles. The lowest BCUT2D eigenvalue weighted by Gasteiger charge is -2.13. The predicted molar refractivity (Wildman–Crippen MR) is 65.9 cm³/mol. The summed E-state index contributed by atoms with van der Waals surface area (Å²) < 4.78 is 4.96. The standard InChI is InChI=1S/C12H16N2O4/c1-14(2)12(17)13-7-8-4-5-9(18-3)6-10(8)11(15)16/h4-6H,7H2,1-3H3,(H,13,17)(H,15,16). The summed E-state index contributed by atoms with van der Waals surface area (Å²) in [6.07, 6.45) is 0. The molecule has 0 spiro atoms. The molecule has 98 valence electrons. The highest BCUT2D eigenvalue weighted by atomic mass is 16.5. The summed E-state index contributed by atoms with van der Waals surface area (Å²) in [5.41, 5.74) is 0.645. The number of carbonyl (C=O) groups excluding carboxylic acids is 1. The first kappa shape index (κ1) is 13.8. The number of aromatic carboxylic acids is 1. The largest absolute Gasteiger partial charge is 0.497 e. The maximum Gasteiger partial charge on any atom is 0.336 e. The molecule has 1 aromatic rings. The van der Waals surface area contributed by atoms with Crippen molar-refractivity contribution in [3.05, 3.63) is 29.3 Å². The number of ether oxygens (including phenoxy) is 1. The van der Waals surface area contributed by atoms with Crippen molar-refractivity contribution in [3.63, 3.8) is 0 Å². The molecule has 1 aromatic carbocycles. The summed E-state index contributed by atoms with van der Waals surface area (Å²) in [4.78, 5) is 23.8. The van der Waals surface area contributed by atoms with Gasteiger partial charge in [0.25, 0.3) is 0 Å². The number of carboxylic acids is 1. The molecule has 0 bridgehead atoms. The number of urea groups is 1. The molecule has 0 aliphatic carbocycles. The number of hydrogen-bond donors (Lipinski definition) is 2. The average Bonchev–Trinajstić information content (AvgIpc) is 2.35. The number of amides is 2. The van der Waals surface area contributed by atoms with E-state index in [0.29, 0.717) is 11.3 Å². The van der Waals surface area contributed by atoms with Crippen molar-refractivity contribution < 1.29 is 19.4 Å². The van der Waals surface area contributed by atoms with Gasteiger partial charge < -0.3 is 20.1 Å². The van der Waals surface area contributed by atoms with Crippen LogP contribution >= 0.6 is 0 Å². The zero-order chi connectivity index (χ0) is 13.7. The topological polar surface area (TPSA) is 78.9 Å². The zero-order valence-electron chi connectivity index (χ0n) is 10.6. The van der Waals surface area contributed by atoms with Crippen LogP contribution < -0.4 is 10.1 Å². The van der Waals surface area contributed by atoms with Gasteiger partial charge in [0.1, 0.15) is 5.75 Å². The highest BCUT2D eigenvalue weighted by molar-refractivity contribution is 5.90. The summed E-state index contributed by atoms with van der Waals surface area (Å²) in [5, 5.41) is 11.7. The minimum Gasteiger partial charge on any atom is -0.497 e. The van der Waals surface area contributed by atoms with E-state index >= 15 is 0 Å². The Balaban J connectivity index is 2.88. The van der Waals surface area contributed by atoms with Crippen LogP contribution in [0.25, 0.3) is 0 Å². The Labute approximate surface area is 105 Å². The fourth-order valence-corrected chi connectivity index (χ4v) is 1.36. The number of nitrogens with one attached hydrogen (secondary N) is 1. The Bertz CT molecular complexity index is 457. The second-order valence-electron chi connectivity index (χ2n) is 3.88. The van der Waals surface area contributed by atoms with Crippen LogP contribution in [0.15, 0.2) is 18.2 Å². The first-order valence-electron chi connectivity index (χ1n) is 5.31. The summed E-state index contributed by atoms with van der Waals surface area (Å²) in [5.74, 6) is -0.585. The van der Waals surface area contributed by atoms with Gasteiger partial charge in [-0.3, -0.25) is 0 Å². The number of nitrogens with zero attached hydrogens (tertiary/aromatic N) is 1. The molecule has 1 rings (SSSR count). The van der Waals surface area contributed by atoms with Gasteiger partial charge in [0.15, 0.2) is 0 Å². The SMILES string of the molecule is COc1ccc(CNC(=O)N(C)C)c(C(=O)O)c1. The van der Waals surface area contributed by atoms with E-state index in [-0.39, 0.29) is 18.1 Å². The number of hydrogen-bond acceptors (Lipinski definition) is 3. The number of carboxylic acid groups (broad SMARTS) is 1. The number of methoxy groups -OCH3 is 1. The molecule has 0 aromatic heterocycles. The molecular formula is C12H16N2O4. The van der Waals surface area contributed by atoms with Crippen molar-refractivity contribution in [2.24, 2.45) is 0 Å². The first-order valence-corrected chi connectivity index (χ1v) is 5.31. The van der Waals surface area contributed by atoms with Crippen molar-refractivity contribution in [1.29, 1.82) is 0 Å². The van der Waals surface area contributed by atoms with Gasteiger partial charge in [-0.25, -0.2) is 9.59 Å². The fourth-order valence-electron chi connectivity index (χ4n) is 1.36. The van der Waals surface area contributed by atoms with Gasteiger partial charge in [-0.1, -0.05) is 6.07 Å². The maximum absolute atomic E-state index is 11.4. The highest BCUT2D eigenvalue weighted by Gasteiger charge is 2.12. The molecule has 6 nitrogen and oxygen atoms in total. The summed E-state index contributed by atoms with van der Waals surface area (Å²) in [6, 6.07) is 4.43. The lowest BCUT2D eigenvalue weighted by Crippen LogP contribution is -2.34. The molecule has 0 heterocycles. The lowest BCUT2D eigenvalue weighted by atomic mass is 10.1. The normalized spacial score (nSPS) is 9.72. The van der Waals surface area contributed by atoms with Gasteiger partial charge in [-0.05, 0) is 17.7 Å². The molecule has 0 radical (unpaired) electrons. The molecule has 2 amide bonds. The quantitative estimate of drug-likeness (QED) is 0.843. The minimum atomic E-state index is -1.05. The Morgan fingerprint density at radius 1 is 1.39 bits per heavy atom. The van der Waals surface area contributed by atoms with Gasteiger partial charge in [0.05, 0.1) is 12.7 Å². The molecule has 0 fully saturated rings. The van der Waals surface area contributed by atoms with E-state index in [0.717, 1.165) is 0 Å². The Morgan fingerprint density at radius 2 is 2.06 bits per heavy atom. The van der Waals surface area contributed by atoms with E-state index in [4.69, 9.17) is 9.84 Å². The maximum atomic E-state index is 11.4. The molecule has 0 saturated heterocycles. The van der Waals surface area contributed by atoms with Crippen LogP contribution in [0.2, 0.25) is 0 Å². The van der Waals surface area contributed by atoms with Crippen LogP contribution in [0.4, 0.5) is 4.79 Å². The van der Waals surface area contributed by atoms with E-state index in [9.17, 15) is 9.59 Å². The predicted octanol–water partition coefficient (Wildman–Crippen LogP) is 1.16. The van der Waals surface area contributed by atoms with E-state index in [1.54, 1.807) is 26.2 Å². The highest BCUT2D eigenvalue weighted by Crippen LogP contribution is 2.17. The summed E-state index contributed by atoms with van der Waals surface area (Å²) in [7, 11) is 4.69. The number of rotatable bonds is 4. The van der Waals surface area contributed by atoms with Crippen molar-refractivity contribution in [2.75, 3.05) is 21.2 Å². The Kier molecular flexibility index (Phi) is 4.53. The second kappa shape index (κ2) is 5.90. The molecule has 0 atom stereocenters. The first-order chi connectivity index (χ1) is 8.45. The Morgan fingerprint density at radius 3 is 2.56 bits per heavy atom. The van der Waals surface area contributed by atoms with Crippen LogP contribution in [-0.2, 0) is 6.54 Å². The van der Waals surface area contributed by atoms with Crippen LogP contribution in [0, 0.1) is 0 Å². The van der Waals surface area contributed by atoms with Crippen molar-refractivity contribution in [2.45, 2.75) is 6.54 Å². The smallest absolute Gasteiger partial charge is 0.336 e. The van der Waals surface area contributed by atoms with Crippen molar-refractivity contribution in [1.82, 2.24) is 10.2 Å². The molecule has 6 heteroatoms. The van der Waals surface area contributed by atoms with E-state index in [2.05, 4.69) is 5.32 Å². The van der Waals surface area contributed by atoms with E-state index in [1.807, 2.05) is 0 Å². The van der Waals surface area contributed by atoms with Gasteiger partial charge in [0.2, 0.25) is 0 Å². The average molecular weight is 252 g/mol. The third-order valence-corrected chi connectivity index (χ3v) is 2.38. The van der Waals surface area contributed by atoms with Gasteiger partial charge in [-0.2, -0.15) is 0 Å². The third-order valence-electron chi connectivity index (χ3n) is 2.38. The molecule has 2 N–H and O–H groups in total. The molecule has 0 unspecified atom stereocenters. The van der Waals surface area contributed by atoms with Gasteiger partial charge in [-0.15, -0.1) is 0 Å². The second-order valence-corrected chi connectivity index (χ2v) is 3.88. The lowest BCUT2D eigenvalue weighted by molar-refractivity contribution is 0.0695. The van der Waals surface area contributed by atoms with Crippen molar-refractivity contribution in [3.8, 4) is 5.75 Å². The van der Waals surface area contributed by atoms with Crippen LogP contribution in [0.1, 0.15) is 15.9 Å². The Hall–Kier alpha value is -2.24. The monoisotopic (exact) mass is 252 g/mol. The van der Waals surface area contributed by atoms with E-state index < -0.39 is 5.97 Å². The molecule has 18 heavy (non-hydrogen) atoms. The summed E-state index contributed by atoms with van der Waals surface area (Å²) in [6.45, 7) is 0.155. The zero-order valence-corrected chi connectivity index (χ0v) is 10.6. The fraction of sp³-hybridized carbons (Fsp3) is 0.333. The van der Waals surface area contributed by atoms with E-state index in [1.165, 1.54) is 18.1 Å². The number of benzene rings is 1. The van der Waals surface area contributed by atoms with Gasteiger partial charge in [0, 0.05) is 20.6 Å². The van der Waals surface area contributed by atoms with Gasteiger partial charge >= 0.3 is 12.0 Å². The summed E-state index contributed by atoms with van der Waals surface area (Å²) >= 11 is 0. The van der Waals surface area contributed by atoms with Crippen LogP contribution in [0.5, 0.6) is 5.75 Å². The molecular weight excluding hydrogens is 236 g/mol. The van der Waals surface area contributed by atoms with Crippen molar-refractivity contribution >= 4 is 12.0 Å². The number of carbonyl (C=O) groups is 2. The van der Waals surface area contributed by atoms with Crippen LogP contribution in [-0.4, -0.2) is 43.2 Å². The minimum absolute atomic E-state index is 0.119. The van der Waals surface area contributed by atoms with Crippen LogP contribution in [0.3, 0.4) is 0 Å². The molecule has 0 aliphatic rings. The third kappa shape index (κ3) is 3.38. The molecule has 0 aliphatic heterocycles.